The van der Waals surface area contributed by atoms with Crippen molar-refractivity contribution in [1.82, 2.24) is 0 Å². The highest BCUT2D eigenvalue weighted by Crippen LogP contribution is 2.07. The molecule has 1 heterocycles. The van der Waals surface area contributed by atoms with Gasteiger partial charge < -0.3 is 13.3 Å². The van der Waals surface area contributed by atoms with E-state index < -0.39 is 8.56 Å². The van der Waals surface area contributed by atoms with Crippen LogP contribution >= 0.6 is 0 Å². The molecule has 2 aromatic rings. The summed E-state index contributed by atoms with van der Waals surface area (Å²) in [6.07, 6.45) is 1.64. The summed E-state index contributed by atoms with van der Waals surface area (Å²) in [6.45, 7) is 0. The Morgan fingerprint density at radius 2 is 1.62 bits per heavy atom. The lowest BCUT2D eigenvalue weighted by molar-refractivity contribution is 0.265. The van der Waals surface area contributed by atoms with Gasteiger partial charge in [0.25, 0.3) is 0 Å². The molecule has 0 saturated heterocycles. The molecule has 84 valence electrons. The molecule has 0 atom stereocenters. The standard InChI is InChI=1S/C12H14O3Si/c1-13-16(14-2,12-9-6-10-15-12)11-7-4-3-5-8-11/h3-10H,1-2H3. The van der Waals surface area contributed by atoms with Gasteiger partial charge >= 0.3 is 8.56 Å². The summed E-state index contributed by atoms with van der Waals surface area (Å²) >= 11 is 0. The highest BCUT2D eigenvalue weighted by Gasteiger charge is 2.43. The summed E-state index contributed by atoms with van der Waals surface area (Å²) in [7, 11) is 0.706. The zero-order valence-electron chi connectivity index (χ0n) is 9.34. The van der Waals surface area contributed by atoms with Crippen LogP contribution in [0.2, 0.25) is 0 Å². The van der Waals surface area contributed by atoms with E-state index in [1.54, 1.807) is 20.5 Å². The molecule has 0 amide bonds. The summed E-state index contributed by atoms with van der Waals surface area (Å²) in [5.74, 6) is 0. The second kappa shape index (κ2) is 4.65. The minimum Gasteiger partial charge on any atom is -0.468 e. The van der Waals surface area contributed by atoms with E-state index in [0.29, 0.717) is 0 Å². The molecular formula is C12H14O3Si. The lowest BCUT2D eigenvalue weighted by Crippen LogP contribution is -2.61. The molecule has 0 aliphatic carbocycles. The maximum atomic E-state index is 5.64. The zero-order chi connectivity index (χ0) is 11.4. The van der Waals surface area contributed by atoms with E-state index in [1.165, 1.54) is 0 Å². The summed E-state index contributed by atoms with van der Waals surface area (Å²) in [5.41, 5.74) is 0. The van der Waals surface area contributed by atoms with Crippen LogP contribution < -0.4 is 10.6 Å². The number of hydrogen-bond donors (Lipinski definition) is 0. The highest BCUT2D eigenvalue weighted by molar-refractivity contribution is 6.91. The fourth-order valence-corrected chi connectivity index (χ4v) is 4.28. The van der Waals surface area contributed by atoms with Crippen LogP contribution in [0.1, 0.15) is 0 Å². The van der Waals surface area contributed by atoms with E-state index in [0.717, 1.165) is 10.6 Å². The molecule has 3 nitrogen and oxygen atoms in total. The SMILES string of the molecule is CO[Si](OC)(c1ccccc1)c1ccco1. The molecule has 1 aromatic carbocycles. The molecule has 2 rings (SSSR count). The molecule has 0 bridgehead atoms. The number of hydrogen-bond acceptors (Lipinski definition) is 3. The van der Waals surface area contributed by atoms with Gasteiger partial charge in [-0.1, -0.05) is 30.3 Å². The average Bonchev–Trinajstić information content (AvgIpc) is 2.87. The van der Waals surface area contributed by atoms with Crippen LogP contribution in [0.4, 0.5) is 0 Å². The van der Waals surface area contributed by atoms with Gasteiger partial charge in [0.15, 0.2) is 0 Å². The first-order valence-corrected chi connectivity index (χ1v) is 6.85. The van der Waals surface area contributed by atoms with E-state index in [2.05, 4.69) is 0 Å². The maximum absolute atomic E-state index is 5.64. The Morgan fingerprint density at radius 3 is 2.12 bits per heavy atom. The van der Waals surface area contributed by atoms with Gasteiger partial charge in [0.05, 0.1) is 6.26 Å². The lowest BCUT2D eigenvalue weighted by atomic mass is 10.4. The first-order chi connectivity index (χ1) is 7.83. The van der Waals surface area contributed by atoms with Crippen molar-refractivity contribution < 1.29 is 13.3 Å². The summed E-state index contributed by atoms with van der Waals surface area (Å²) < 4.78 is 16.7. The van der Waals surface area contributed by atoms with Crippen molar-refractivity contribution in [2.75, 3.05) is 14.2 Å². The van der Waals surface area contributed by atoms with Crippen molar-refractivity contribution in [1.29, 1.82) is 0 Å². The van der Waals surface area contributed by atoms with Crippen molar-refractivity contribution in [2.45, 2.75) is 0 Å². The second-order valence-corrected chi connectivity index (χ2v) is 6.49. The zero-order valence-corrected chi connectivity index (χ0v) is 10.3. The molecule has 0 radical (unpaired) electrons. The van der Waals surface area contributed by atoms with E-state index in [-0.39, 0.29) is 0 Å². The van der Waals surface area contributed by atoms with Crippen LogP contribution in [0, 0.1) is 0 Å². The molecule has 0 unspecified atom stereocenters. The smallest absolute Gasteiger partial charge is 0.443 e. The third kappa shape index (κ3) is 1.71. The van der Waals surface area contributed by atoms with E-state index in [1.807, 2.05) is 42.5 Å². The topological polar surface area (TPSA) is 31.6 Å². The van der Waals surface area contributed by atoms with Gasteiger partial charge in [-0.2, -0.15) is 0 Å². The first-order valence-electron chi connectivity index (χ1n) is 5.03. The normalized spacial score (nSPS) is 11.6. The van der Waals surface area contributed by atoms with Gasteiger partial charge in [-0.05, 0) is 12.1 Å². The summed E-state index contributed by atoms with van der Waals surface area (Å²) in [5, 5.41) is 1.80. The summed E-state index contributed by atoms with van der Waals surface area (Å²) in [6, 6.07) is 13.7. The molecule has 0 N–H and O–H groups in total. The fraction of sp³-hybridized carbons (Fsp3) is 0.167. The van der Waals surface area contributed by atoms with Crippen LogP contribution in [-0.4, -0.2) is 22.8 Å². The van der Waals surface area contributed by atoms with Gasteiger partial charge in [-0.25, -0.2) is 0 Å². The number of furan rings is 1. The minimum atomic E-state index is -2.61. The Bertz CT molecular complexity index is 421. The lowest BCUT2D eigenvalue weighted by Gasteiger charge is -2.25. The molecule has 0 saturated carbocycles. The van der Waals surface area contributed by atoms with E-state index in [9.17, 15) is 0 Å². The van der Waals surface area contributed by atoms with Crippen molar-refractivity contribution >= 4 is 19.1 Å². The molecule has 16 heavy (non-hydrogen) atoms. The Balaban J connectivity index is 2.52. The Hall–Kier alpha value is -1.36. The average molecular weight is 234 g/mol. The predicted molar refractivity (Wildman–Crippen MR) is 64.2 cm³/mol. The molecule has 1 aromatic heterocycles. The second-order valence-electron chi connectivity index (χ2n) is 3.37. The largest absolute Gasteiger partial charge is 0.468 e. The molecule has 0 aliphatic rings. The third-order valence-corrected chi connectivity index (χ3v) is 5.75. The van der Waals surface area contributed by atoms with Crippen molar-refractivity contribution in [2.24, 2.45) is 0 Å². The minimum absolute atomic E-state index is 0.767. The first kappa shape index (κ1) is 11.1. The van der Waals surface area contributed by atoms with Gasteiger partial charge in [0.1, 0.15) is 5.38 Å². The van der Waals surface area contributed by atoms with Crippen LogP contribution in [0.3, 0.4) is 0 Å². The van der Waals surface area contributed by atoms with Gasteiger partial charge in [0, 0.05) is 19.4 Å². The maximum Gasteiger partial charge on any atom is 0.443 e. The number of rotatable bonds is 4. The fourth-order valence-electron chi connectivity index (χ4n) is 1.79. The third-order valence-electron chi connectivity index (χ3n) is 2.57. The van der Waals surface area contributed by atoms with Crippen molar-refractivity contribution in [3.63, 3.8) is 0 Å². The molecule has 4 heteroatoms. The quantitative estimate of drug-likeness (QED) is 0.743. The number of benzene rings is 1. The van der Waals surface area contributed by atoms with Crippen LogP contribution in [-0.2, 0) is 8.85 Å². The van der Waals surface area contributed by atoms with Crippen molar-refractivity contribution in [3.8, 4) is 0 Å². The van der Waals surface area contributed by atoms with Crippen LogP contribution in [0.25, 0.3) is 0 Å². The Kier molecular flexibility index (Phi) is 3.24. The Labute approximate surface area is 95.9 Å². The Morgan fingerprint density at radius 1 is 0.938 bits per heavy atom. The van der Waals surface area contributed by atoms with Crippen LogP contribution in [0.5, 0.6) is 0 Å². The van der Waals surface area contributed by atoms with Gasteiger partial charge in [-0.15, -0.1) is 0 Å². The predicted octanol–water partition coefficient (Wildman–Crippen LogP) is 1.13. The molecule has 0 aliphatic heterocycles. The van der Waals surface area contributed by atoms with Gasteiger partial charge in [0.2, 0.25) is 0 Å². The van der Waals surface area contributed by atoms with E-state index in [4.69, 9.17) is 13.3 Å². The molecule has 0 fully saturated rings. The summed E-state index contributed by atoms with van der Waals surface area (Å²) in [4.78, 5) is 0. The molecular weight excluding hydrogens is 220 g/mol. The van der Waals surface area contributed by atoms with E-state index >= 15 is 0 Å². The van der Waals surface area contributed by atoms with Crippen LogP contribution in [0.15, 0.2) is 53.1 Å². The molecule has 0 spiro atoms. The highest BCUT2D eigenvalue weighted by atomic mass is 28.4. The monoisotopic (exact) mass is 234 g/mol. The van der Waals surface area contributed by atoms with Crippen molar-refractivity contribution in [3.05, 3.63) is 48.7 Å². The van der Waals surface area contributed by atoms with Gasteiger partial charge in [-0.3, -0.25) is 0 Å².